The highest BCUT2D eigenvalue weighted by Crippen LogP contribution is 2.25. The maximum atomic E-state index is 13.0. The Morgan fingerprint density at radius 3 is 2.24 bits per heavy atom. The van der Waals surface area contributed by atoms with Crippen LogP contribution in [0.15, 0.2) is 71.6 Å². The average molecular weight is 486 g/mol. The lowest BCUT2D eigenvalue weighted by Crippen LogP contribution is -2.38. The molecular weight excluding hydrogens is 461 g/mol. The van der Waals surface area contributed by atoms with Crippen molar-refractivity contribution in [3.05, 3.63) is 83.7 Å². The number of primary sulfonamides is 1. The lowest BCUT2D eigenvalue weighted by molar-refractivity contribution is 0.0949. The molecule has 0 radical (unpaired) electrons. The van der Waals surface area contributed by atoms with Crippen LogP contribution in [0.3, 0.4) is 0 Å². The number of anilines is 1. The van der Waals surface area contributed by atoms with E-state index in [1.54, 1.807) is 30.3 Å². The molecule has 10 heteroatoms. The van der Waals surface area contributed by atoms with E-state index in [1.165, 1.54) is 36.4 Å². The molecule has 8 nitrogen and oxygen atoms in total. The average Bonchev–Trinajstić information content (AvgIpc) is 2.84. The third-order valence-corrected chi connectivity index (χ3v) is 6.23. The summed E-state index contributed by atoms with van der Waals surface area (Å²) >= 11 is 0. The van der Waals surface area contributed by atoms with Gasteiger partial charge in [-0.15, -0.1) is 0 Å². The Morgan fingerprint density at radius 2 is 1.62 bits per heavy atom. The van der Waals surface area contributed by atoms with Crippen molar-refractivity contribution in [2.24, 2.45) is 5.14 Å². The van der Waals surface area contributed by atoms with Gasteiger partial charge in [0.1, 0.15) is 17.3 Å². The summed E-state index contributed by atoms with van der Waals surface area (Å²) in [5, 5.41) is 8.11. The first-order chi connectivity index (χ1) is 16.3. The van der Waals surface area contributed by atoms with Crippen LogP contribution >= 0.6 is 0 Å². The summed E-state index contributed by atoms with van der Waals surface area (Å²) in [7, 11) is -3.96. The van der Waals surface area contributed by atoms with Crippen LogP contribution in [0.1, 0.15) is 15.9 Å². The van der Waals surface area contributed by atoms with E-state index in [1.807, 2.05) is 4.90 Å². The van der Waals surface area contributed by atoms with Crippen molar-refractivity contribution >= 4 is 21.6 Å². The lowest BCUT2D eigenvalue weighted by Gasteiger charge is -2.30. The van der Waals surface area contributed by atoms with E-state index in [2.05, 4.69) is 5.32 Å². The Labute approximate surface area is 197 Å². The van der Waals surface area contributed by atoms with Gasteiger partial charge in [0.2, 0.25) is 10.0 Å². The van der Waals surface area contributed by atoms with Gasteiger partial charge in [-0.2, -0.15) is 0 Å². The van der Waals surface area contributed by atoms with Crippen molar-refractivity contribution < 1.29 is 27.1 Å². The number of nitrogens with zero attached hydrogens (tertiary/aromatic N) is 1. The van der Waals surface area contributed by atoms with Gasteiger partial charge in [-0.05, 0) is 60.2 Å². The number of sulfonamides is 1. The lowest BCUT2D eigenvalue weighted by atomic mass is 10.1. The van der Waals surface area contributed by atoms with Crippen LogP contribution in [-0.2, 0) is 21.3 Å². The molecule has 4 rings (SSSR count). The van der Waals surface area contributed by atoms with Crippen LogP contribution in [-0.4, -0.2) is 40.6 Å². The summed E-state index contributed by atoms with van der Waals surface area (Å²) in [6.07, 6.45) is 0. The predicted octanol–water partition coefficient (Wildman–Crippen LogP) is 3.03. The number of morpholine rings is 1. The Morgan fingerprint density at radius 1 is 1.00 bits per heavy atom. The normalized spacial score (nSPS) is 14.0. The molecule has 1 heterocycles. The molecule has 1 amide bonds. The van der Waals surface area contributed by atoms with E-state index < -0.39 is 15.9 Å². The van der Waals surface area contributed by atoms with Gasteiger partial charge in [0.05, 0.1) is 23.7 Å². The Hall–Kier alpha value is -3.47. The quantitative estimate of drug-likeness (QED) is 0.532. The number of hydrogen-bond acceptors (Lipinski definition) is 6. The van der Waals surface area contributed by atoms with E-state index in [0.717, 1.165) is 5.56 Å². The fraction of sp³-hybridized carbons (Fsp3) is 0.208. The van der Waals surface area contributed by atoms with E-state index in [0.29, 0.717) is 43.5 Å². The fourth-order valence-corrected chi connectivity index (χ4v) is 4.09. The summed E-state index contributed by atoms with van der Waals surface area (Å²) < 4.78 is 47.7. The number of carbonyl (C=O) groups excluding carboxylic acids is 1. The van der Waals surface area contributed by atoms with Crippen molar-refractivity contribution in [3.8, 4) is 11.5 Å². The summed E-state index contributed by atoms with van der Waals surface area (Å²) in [5.74, 6) is 0.313. The van der Waals surface area contributed by atoms with Gasteiger partial charge >= 0.3 is 0 Å². The zero-order valence-electron chi connectivity index (χ0n) is 18.2. The van der Waals surface area contributed by atoms with Crippen LogP contribution in [0.2, 0.25) is 0 Å². The van der Waals surface area contributed by atoms with Crippen LogP contribution in [0.4, 0.5) is 10.1 Å². The number of nitrogens with one attached hydrogen (secondary N) is 1. The molecule has 3 aromatic carbocycles. The zero-order valence-corrected chi connectivity index (χ0v) is 19.1. The van der Waals surface area contributed by atoms with Gasteiger partial charge in [-0.25, -0.2) is 17.9 Å². The molecule has 3 aromatic rings. The van der Waals surface area contributed by atoms with Crippen LogP contribution in [0.25, 0.3) is 0 Å². The van der Waals surface area contributed by atoms with Gasteiger partial charge < -0.3 is 19.7 Å². The number of nitrogens with two attached hydrogens (primary N) is 1. The molecule has 0 spiro atoms. The maximum Gasteiger partial charge on any atom is 0.253 e. The highest BCUT2D eigenvalue weighted by Gasteiger charge is 2.21. The standard InChI is InChI=1S/C24H24FN3O5S/c25-18-3-7-20(8-4-18)33-19-5-1-17(2-6-19)16-27-24(29)22-15-21(34(26,30)31)9-10-23(22)28-11-13-32-14-12-28/h1-10,15H,11-14,16H2,(H,27,29)(H2,26,30,31). The predicted molar refractivity (Wildman–Crippen MR) is 125 cm³/mol. The minimum atomic E-state index is -3.96. The molecule has 0 saturated carbocycles. The fourth-order valence-electron chi connectivity index (χ4n) is 3.55. The van der Waals surface area contributed by atoms with Crippen molar-refractivity contribution in [1.29, 1.82) is 0 Å². The van der Waals surface area contributed by atoms with Crippen LogP contribution < -0.4 is 20.1 Å². The molecule has 3 N–H and O–H groups in total. The summed E-state index contributed by atoms with van der Waals surface area (Å²) in [6, 6.07) is 17.1. The molecule has 1 aliphatic heterocycles. The van der Waals surface area contributed by atoms with E-state index in [9.17, 15) is 17.6 Å². The first-order valence-electron chi connectivity index (χ1n) is 10.6. The highest BCUT2D eigenvalue weighted by molar-refractivity contribution is 7.89. The van der Waals surface area contributed by atoms with Crippen molar-refractivity contribution in [1.82, 2.24) is 5.32 Å². The molecule has 1 fully saturated rings. The minimum absolute atomic E-state index is 0.128. The Bertz CT molecular complexity index is 1260. The Balaban J connectivity index is 1.46. The van der Waals surface area contributed by atoms with E-state index in [-0.39, 0.29) is 22.8 Å². The number of carbonyl (C=O) groups is 1. The maximum absolute atomic E-state index is 13.0. The van der Waals surface area contributed by atoms with E-state index in [4.69, 9.17) is 14.6 Å². The minimum Gasteiger partial charge on any atom is -0.457 e. The number of benzene rings is 3. The van der Waals surface area contributed by atoms with Crippen molar-refractivity contribution in [3.63, 3.8) is 0 Å². The first kappa shape index (κ1) is 23.7. The second-order valence-corrected chi connectivity index (χ2v) is 9.27. The smallest absolute Gasteiger partial charge is 0.253 e. The number of rotatable bonds is 7. The van der Waals surface area contributed by atoms with Crippen LogP contribution in [0, 0.1) is 5.82 Å². The van der Waals surface area contributed by atoms with Crippen LogP contribution in [0.5, 0.6) is 11.5 Å². The largest absolute Gasteiger partial charge is 0.457 e. The number of ether oxygens (including phenoxy) is 2. The monoisotopic (exact) mass is 485 g/mol. The SMILES string of the molecule is NS(=O)(=O)c1ccc(N2CCOCC2)c(C(=O)NCc2ccc(Oc3ccc(F)cc3)cc2)c1. The van der Waals surface area contributed by atoms with E-state index >= 15 is 0 Å². The molecule has 178 valence electrons. The van der Waals surface area contributed by atoms with Gasteiger partial charge in [0, 0.05) is 25.3 Å². The number of amides is 1. The first-order valence-corrected chi connectivity index (χ1v) is 12.1. The summed E-state index contributed by atoms with van der Waals surface area (Å²) in [4.78, 5) is 14.9. The highest BCUT2D eigenvalue weighted by atomic mass is 32.2. The number of halogens is 1. The topological polar surface area (TPSA) is 111 Å². The summed E-state index contributed by atoms with van der Waals surface area (Å²) in [6.45, 7) is 2.43. The third-order valence-electron chi connectivity index (χ3n) is 5.32. The van der Waals surface area contributed by atoms with Crippen molar-refractivity contribution in [2.75, 3.05) is 31.2 Å². The zero-order chi connectivity index (χ0) is 24.1. The van der Waals surface area contributed by atoms with Gasteiger partial charge in [-0.1, -0.05) is 12.1 Å². The third kappa shape index (κ3) is 5.90. The molecule has 34 heavy (non-hydrogen) atoms. The van der Waals surface area contributed by atoms with Gasteiger partial charge in [-0.3, -0.25) is 4.79 Å². The molecule has 0 unspecified atom stereocenters. The van der Waals surface area contributed by atoms with Gasteiger partial charge in [0.15, 0.2) is 0 Å². The molecule has 0 aliphatic carbocycles. The molecule has 1 saturated heterocycles. The van der Waals surface area contributed by atoms with Crippen molar-refractivity contribution in [2.45, 2.75) is 11.4 Å². The molecule has 0 atom stereocenters. The second-order valence-electron chi connectivity index (χ2n) is 7.71. The molecular formula is C24H24FN3O5S. The summed E-state index contributed by atoms with van der Waals surface area (Å²) in [5.41, 5.74) is 1.66. The molecule has 0 bridgehead atoms. The second kappa shape index (κ2) is 10.2. The molecule has 0 aromatic heterocycles. The van der Waals surface area contributed by atoms with Gasteiger partial charge in [0.25, 0.3) is 5.91 Å². The molecule has 1 aliphatic rings. The Kier molecular flexibility index (Phi) is 7.11. The number of hydrogen-bond donors (Lipinski definition) is 2.